The van der Waals surface area contributed by atoms with Crippen LogP contribution in [0.25, 0.3) is 22.4 Å². The third-order valence-corrected chi connectivity index (χ3v) is 7.72. The molecule has 0 spiro atoms. The van der Waals surface area contributed by atoms with Crippen molar-refractivity contribution >= 4 is 50.6 Å². The number of pyridine rings is 1. The van der Waals surface area contributed by atoms with Crippen LogP contribution in [-0.2, 0) is 11.3 Å². The highest BCUT2D eigenvalue weighted by Crippen LogP contribution is 2.32. The molecule has 0 saturated heterocycles. The molecule has 0 aliphatic carbocycles. The molecule has 0 saturated carbocycles. The summed E-state index contributed by atoms with van der Waals surface area (Å²) < 4.78 is 5.96. The summed E-state index contributed by atoms with van der Waals surface area (Å²) in [5.74, 6) is 0.409. The number of fused-ring (bicyclic) bond motifs is 1. The Morgan fingerprint density at radius 1 is 1.00 bits per heavy atom. The fraction of sp³-hybridized carbons (Fsp3) is 0.214. The van der Waals surface area contributed by atoms with Crippen LogP contribution in [0.15, 0.2) is 82.2 Å². The summed E-state index contributed by atoms with van der Waals surface area (Å²) in [5, 5.41) is 14.8. The molecule has 194 valence electrons. The first-order valence-electron chi connectivity index (χ1n) is 12.2. The molecule has 0 radical (unpaired) electrons. The number of nitrogens with zero attached hydrogens (tertiary/aromatic N) is 4. The molecule has 5 rings (SSSR count). The standard InChI is InChI=1S/C28H26N4O4S2/c33-15-14-31(18-20-9-11-29-12-10-20)26(34)8-3-13-32(27(35)25-7-4-16-37-25)28-30-22(19-38-28)24-17-21-5-1-2-6-23(21)36-24/h1-2,4-7,9-12,16-17,19,33H,3,8,13-15,18H2. The number of hydrogen-bond donors (Lipinski definition) is 1. The average molecular weight is 547 g/mol. The van der Waals surface area contributed by atoms with Crippen molar-refractivity contribution in [1.29, 1.82) is 0 Å². The highest BCUT2D eigenvalue weighted by molar-refractivity contribution is 7.14. The summed E-state index contributed by atoms with van der Waals surface area (Å²) in [4.78, 5) is 39.0. The first kappa shape index (κ1) is 25.8. The van der Waals surface area contributed by atoms with Crippen molar-refractivity contribution < 1.29 is 19.1 Å². The topological polar surface area (TPSA) is 99.8 Å². The Balaban J connectivity index is 1.30. The van der Waals surface area contributed by atoms with Crippen LogP contribution in [0.1, 0.15) is 28.1 Å². The van der Waals surface area contributed by atoms with Gasteiger partial charge >= 0.3 is 0 Å². The quantitative estimate of drug-likeness (QED) is 0.236. The van der Waals surface area contributed by atoms with Gasteiger partial charge in [-0.15, -0.1) is 22.7 Å². The van der Waals surface area contributed by atoms with Gasteiger partial charge in [0, 0.05) is 49.2 Å². The Bertz CT molecular complexity index is 1460. The van der Waals surface area contributed by atoms with Crippen molar-refractivity contribution in [3.8, 4) is 11.5 Å². The predicted octanol–water partition coefficient (Wildman–Crippen LogP) is 5.46. The van der Waals surface area contributed by atoms with E-state index in [-0.39, 0.29) is 31.4 Å². The zero-order valence-corrected chi connectivity index (χ0v) is 22.2. The van der Waals surface area contributed by atoms with Gasteiger partial charge in [0.15, 0.2) is 10.9 Å². The molecule has 0 fully saturated rings. The van der Waals surface area contributed by atoms with E-state index in [2.05, 4.69) is 4.98 Å². The minimum Gasteiger partial charge on any atom is -0.454 e. The summed E-state index contributed by atoms with van der Waals surface area (Å²) in [6.45, 7) is 0.848. The maximum Gasteiger partial charge on any atom is 0.270 e. The van der Waals surface area contributed by atoms with Gasteiger partial charge in [-0.2, -0.15) is 0 Å². The number of benzene rings is 1. The molecule has 1 N–H and O–H groups in total. The number of carbonyl (C=O) groups is 2. The number of thiophene rings is 1. The molecular formula is C28H26N4O4S2. The van der Waals surface area contributed by atoms with Crippen LogP contribution in [-0.4, -0.2) is 51.5 Å². The molecular weight excluding hydrogens is 520 g/mol. The Morgan fingerprint density at radius 3 is 2.61 bits per heavy atom. The van der Waals surface area contributed by atoms with Crippen LogP contribution in [0.3, 0.4) is 0 Å². The SMILES string of the molecule is O=C(CCCN(C(=O)c1cccs1)c1nc(-c2cc3ccccc3o2)cs1)N(CCO)Cc1ccncc1. The molecule has 1 aromatic carbocycles. The number of carbonyl (C=O) groups excluding carboxylic acids is 2. The lowest BCUT2D eigenvalue weighted by Gasteiger charge is -2.23. The van der Waals surface area contributed by atoms with Crippen LogP contribution in [0.5, 0.6) is 0 Å². The number of furan rings is 1. The predicted molar refractivity (Wildman–Crippen MR) is 149 cm³/mol. The minimum absolute atomic E-state index is 0.0820. The second kappa shape index (κ2) is 12.1. The van der Waals surface area contributed by atoms with E-state index in [9.17, 15) is 14.7 Å². The van der Waals surface area contributed by atoms with Crippen LogP contribution < -0.4 is 4.90 Å². The number of rotatable bonds is 11. The van der Waals surface area contributed by atoms with E-state index in [0.717, 1.165) is 16.5 Å². The first-order chi connectivity index (χ1) is 18.6. The third kappa shape index (κ3) is 5.99. The van der Waals surface area contributed by atoms with Crippen molar-refractivity contribution in [2.75, 3.05) is 24.6 Å². The van der Waals surface area contributed by atoms with Gasteiger partial charge in [-0.25, -0.2) is 4.98 Å². The van der Waals surface area contributed by atoms with Gasteiger partial charge in [-0.05, 0) is 47.7 Å². The number of hydrogen-bond acceptors (Lipinski definition) is 8. The third-order valence-electron chi connectivity index (χ3n) is 6.00. The Labute approximate surface area is 227 Å². The van der Waals surface area contributed by atoms with E-state index in [4.69, 9.17) is 9.40 Å². The lowest BCUT2D eigenvalue weighted by atomic mass is 10.2. The maximum absolute atomic E-state index is 13.4. The van der Waals surface area contributed by atoms with Gasteiger partial charge in [-0.3, -0.25) is 19.5 Å². The zero-order valence-electron chi connectivity index (χ0n) is 20.5. The first-order valence-corrected chi connectivity index (χ1v) is 14.0. The summed E-state index contributed by atoms with van der Waals surface area (Å²) in [5.41, 5.74) is 2.38. The van der Waals surface area contributed by atoms with Gasteiger partial charge in [0.25, 0.3) is 5.91 Å². The molecule has 2 amide bonds. The number of aliphatic hydroxyl groups excluding tert-OH is 1. The van der Waals surface area contributed by atoms with Crippen molar-refractivity contribution in [3.05, 3.63) is 88.2 Å². The van der Waals surface area contributed by atoms with Gasteiger partial charge in [0.2, 0.25) is 5.91 Å². The summed E-state index contributed by atoms with van der Waals surface area (Å²) in [7, 11) is 0. The van der Waals surface area contributed by atoms with E-state index in [1.54, 1.807) is 28.3 Å². The fourth-order valence-corrected chi connectivity index (χ4v) is 5.60. The van der Waals surface area contributed by atoms with E-state index >= 15 is 0 Å². The maximum atomic E-state index is 13.4. The molecule has 0 aliphatic heterocycles. The van der Waals surface area contributed by atoms with E-state index in [1.165, 1.54) is 22.7 Å². The summed E-state index contributed by atoms with van der Waals surface area (Å²) >= 11 is 2.74. The van der Waals surface area contributed by atoms with Crippen molar-refractivity contribution in [1.82, 2.24) is 14.9 Å². The molecule has 38 heavy (non-hydrogen) atoms. The highest BCUT2D eigenvalue weighted by Gasteiger charge is 2.23. The molecule has 5 aromatic rings. The summed E-state index contributed by atoms with van der Waals surface area (Å²) in [6, 6.07) is 17.0. The van der Waals surface area contributed by atoms with E-state index < -0.39 is 0 Å². The lowest BCUT2D eigenvalue weighted by molar-refractivity contribution is -0.132. The second-order valence-corrected chi connectivity index (χ2v) is 10.4. The fourth-order valence-electron chi connectivity index (χ4n) is 4.09. The van der Waals surface area contributed by atoms with Crippen molar-refractivity contribution in [2.45, 2.75) is 19.4 Å². The van der Waals surface area contributed by atoms with Crippen molar-refractivity contribution in [2.24, 2.45) is 0 Å². The van der Waals surface area contributed by atoms with Gasteiger partial charge < -0.3 is 14.4 Å². The number of thiazole rings is 1. The molecule has 4 aromatic heterocycles. The number of anilines is 1. The lowest BCUT2D eigenvalue weighted by Crippen LogP contribution is -2.35. The van der Waals surface area contributed by atoms with Gasteiger partial charge in [0.1, 0.15) is 11.3 Å². The van der Waals surface area contributed by atoms with E-state index in [1.807, 2.05) is 59.3 Å². The molecule has 0 bridgehead atoms. The Morgan fingerprint density at radius 2 is 1.84 bits per heavy atom. The number of aliphatic hydroxyl groups is 1. The minimum atomic E-state index is -0.151. The van der Waals surface area contributed by atoms with Gasteiger partial charge in [0.05, 0.1) is 11.5 Å². The number of aromatic nitrogens is 2. The molecule has 0 unspecified atom stereocenters. The average Bonchev–Trinajstić information content (AvgIpc) is 3.72. The molecule has 0 aliphatic rings. The number of para-hydroxylation sites is 1. The van der Waals surface area contributed by atoms with Crippen LogP contribution >= 0.6 is 22.7 Å². The normalized spacial score (nSPS) is 11.1. The monoisotopic (exact) mass is 546 g/mol. The zero-order chi connectivity index (χ0) is 26.3. The Kier molecular flexibility index (Phi) is 8.22. The molecule has 8 nitrogen and oxygen atoms in total. The van der Waals surface area contributed by atoms with Crippen LogP contribution in [0.2, 0.25) is 0 Å². The van der Waals surface area contributed by atoms with Crippen molar-refractivity contribution in [3.63, 3.8) is 0 Å². The van der Waals surface area contributed by atoms with Crippen LogP contribution in [0.4, 0.5) is 5.13 Å². The molecule has 10 heteroatoms. The highest BCUT2D eigenvalue weighted by atomic mass is 32.1. The smallest absolute Gasteiger partial charge is 0.270 e. The molecule has 4 heterocycles. The number of amides is 2. The van der Waals surface area contributed by atoms with E-state index in [0.29, 0.717) is 41.0 Å². The second-order valence-electron chi connectivity index (χ2n) is 8.60. The summed E-state index contributed by atoms with van der Waals surface area (Å²) in [6.07, 6.45) is 4.05. The van der Waals surface area contributed by atoms with Crippen LogP contribution in [0, 0.1) is 0 Å². The Hall–Kier alpha value is -3.86. The van der Waals surface area contributed by atoms with Gasteiger partial charge in [-0.1, -0.05) is 24.3 Å². The largest absolute Gasteiger partial charge is 0.454 e. The molecule has 0 atom stereocenters.